The number of fused-ring (bicyclic) bond motifs is 1. The molecule has 7 nitrogen and oxygen atoms in total. The zero-order valence-corrected chi connectivity index (χ0v) is 20.8. The monoisotopic (exact) mass is 490 g/mol. The van der Waals surface area contributed by atoms with Crippen molar-refractivity contribution in [2.45, 2.75) is 79.9 Å². The van der Waals surface area contributed by atoms with E-state index in [0.717, 1.165) is 38.5 Å². The summed E-state index contributed by atoms with van der Waals surface area (Å²) in [5.74, 6) is -1.51. The number of amides is 2. The van der Waals surface area contributed by atoms with Gasteiger partial charge in [-0.1, -0.05) is 38.0 Å². The van der Waals surface area contributed by atoms with Crippen LogP contribution in [0.1, 0.15) is 57.8 Å². The van der Waals surface area contributed by atoms with Gasteiger partial charge >= 0.3 is 5.97 Å². The first kappa shape index (κ1) is 25.3. The number of hydrogen-bond donors (Lipinski definition) is 1. The average molecular weight is 491 g/mol. The van der Waals surface area contributed by atoms with Gasteiger partial charge in [-0.15, -0.1) is 18.3 Å². The number of esters is 1. The second-order valence-corrected chi connectivity index (χ2v) is 11.6. The van der Waals surface area contributed by atoms with E-state index in [9.17, 15) is 19.5 Å². The predicted octanol–water partition coefficient (Wildman–Crippen LogP) is 2.93. The summed E-state index contributed by atoms with van der Waals surface area (Å²) in [4.78, 5) is 44.9. The Balaban J connectivity index is 1.67. The molecule has 188 valence electrons. The Morgan fingerprint density at radius 2 is 1.94 bits per heavy atom. The van der Waals surface area contributed by atoms with E-state index >= 15 is 0 Å². The lowest BCUT2D eigenvalue weighted by Gasteiger charge is -2.41. The van der Waals surface area contributed by atoms with E-state index in [1.807, 2.05) is 4.90 Å². The van der Waals surface area contributed by atoms with Gasteiger partial charge in [0.25, 0.3) is 0 Å². The predicted molar refractivity (Wildman–Crippen MR) is 132 cm³/mol. The Hall–Kier alpha value is -1.80. The molecule has 0 aromatic carbocycles. The molecule has 3 saturated heterocycles. The Morgan fingerprint density at radius 1 is 1.18 bits per heavy atom. The van der Waals surface area contributed by atoms with Crippen molar-refractivity contribution in [2.24, 2.45) is 11.8 Å². The number of nitrogens with zero attached hydrogens (tertiary/aromatic N) is 2. The summed E-state index contributed by atoms with van der Waals surface area (Å²) in [6.45, 7) is 8.58. The number of aliphatic hydroxyl groups is 1. The zero-order chi connectivity index (χ0) is 24.3. The van der Waals surface area contributed by atoms with Gasteiger partial charge in [-0.3, -0.25) is 14.4 Å². The molecule has 0 aromatic rings. The van der Waals surface area contributed by atoms with Crippen molar-refractivity contribution in [3.05, 3.63) is 25.3 Å². The van der Waals surface area contributed by atoms with Crippen LogP contribution >= 0.6 is 11.8 Å². The van der Waals surface area contributed by atoms with E-state index in [0.29, 0.717) is 25.9 Å². The largest absolute Gasteiger partial charge is 0.461 e. The number of thioether (sulfide) groups is 1. The maximum absolute atomic E-state index is 14.3. The highest BCUT2D eigenvalue weighted by Gasteiger charge is 2.74. The van der Waals surface area contributed by atoms with E-state index in [1.165, 1.54) is 12.5 Å². The topological polar surface area (TPSA) is 87.2 Å². The molecule has 0 radical (unpaired) electrons. The molecule has 5 atom stereocenters. The third kappa shape index (κ3) is 4.32. The van der Waals surface area contributed by atoms with Crippen molar-refractivity contribution in [2.75, 3.05) is 26.3 Å². The fraction of sp³-hybridized carbons (Fsp3) is 0.731. The summed E-state index contributed by atoms with van der Waals surface area (Å²) in [6.07, 6.45) is 11.4. The first-order chi connectivity index (χ1) is 16.5. The number of carbonyl (C=O) groups is 3. The molecule has 1 spiro atoms. The highest BCUT2D eigenvalue weighted by Crippen LogP contribution is 2.66. The molecule has 0 aromatic heterocycles. The minimum Gasteiger partial charge on any atom is -0.461 e. The van der Waals surface area contributed by atoms with Crippen LogP contribution in [0, 0.1) is 11.8 Å². The summed E-state index contributed by atoms with van der Waals surface area (Å²) < 4.78 is 4.82. The second kappa shape index (κ2) is 10.9. The van der Waals surface area contributed by atoms with Crippen molar-refractivity contribution in [3.63, 3.8) is 0 Å². The van der Waals surface area contributed by atoms with Crippen LogP contribution in [0.3, 0.4) is 0 Å². The lowest BCUT2D eigenvalue weighted by Crippen LogP contribution is -2.57. The average Bonchev–Trinajstić information content (AvgIpc) is 3.49. The number of carbonyl (C=O) groups excluding carboxylic acids is 3. The molecule has 4 rings (SSSR count). The number of ether oxygens (including phenoxy) is 1. The number of aliphatic hydroxyl groups excluding tert-OH is 1. The molecule has 3 aliphatic heterocycles. The molecule has 2 unspecified atom stereocenters. The van der Waals surface area contributed by atoms with Gasteiger partial charge in [-0.2, -0.15) is 0 Å². The molecule has 2 amide bonds. The van der Waals surface area contributed by atoms with E-state index in [-0.39, 0.29) is 42.3 Å². The van der Waals surface area contributed by atoms with Crippen molar-refractivity contribution in [3.8, 4) is 0 Å². The summed E-state index contributed by atoms with van der Waals surface area (Å²) in [5.41, 5.74) is 0. The Bertz CT molecular complexity index is 813. The summed E-state index contributed by atoms with van der Waals surface area (Å²) in [6, 6.07) is -0.418. The standard InChI is InChI=1S/C26H38N2O5S/c1-3-14-27(18-10-6-5-7-11-18)24(31)22-26-13-12-19(34-26)20(25(32)33-17-4-2)21(26)23(30)28(22)15-8-9-16-29/h3-4,18-22,29H,1-2,5-17H2/t19-,20+,21-,22?,26?/m0/s1. The molecule has 8 heteroatoms. The normalized spacial score (nSPS) is 32.5. The van der Waals surface area contributed by atoms with Crippen LogP contribution in [0.4, 0.5) is 0 Å². The van der Waals surface area contributed by atoms with Crippen molar-refractivity contribution in [1.29, 1.82) is 0 Å². The van der Waals surface area contributed by atoms with Gasteiger partial charge < -0.3 is 19.6 Å². The molecule has 1 N–H and O–H groups in total. The Labute approximate surface area is 206 Å². The molecule has 4 aliphatic rings. The van der Waals surface area contributed by atoms with Gasteiger partial charge in [-0.05, 0) is 38.5 Å². The maximum Gasteiger partial charge on any atom is 0.311 e. The van der Waals surface area contributed by atoms with Gasteiger partial charge in [0, 0.05) is 31.0 Å². The SMILES string of the molecule is C=CCOC(=O)[C@@H]1[C@@H]2CCC3(S2)C(C(=O)N(CC=C)C2CCCCC2)N(CCCCO)C(=O)[C@H]13. The van der Waals surface area contributed by atoms with Crippen LogP contribution in [0.2, 0.25) is 0 Å². The van der Waals surface area contributed by atoms with Crippen molar-refractivity contribution < 1.29 is 24.2 Å². The van der Waals surface area contributed by atoms with Crippen LogP contribution in [0.15, 0.2) is 25.3 Å². The molecule has 2 bridgehead atoms. The second-order valence-electron chi connectivity index (χ2n) is 10.0. The van der Waals surface area contributed by atoms with Crippen LogP contribution in [-0.2, 0) is 19.1 Å². The highest BCUT2D eigenvalue weighted by atomic mass is 32.2. The Kier molecular flexibility index (Phi) is 8.08. The van der Waals surface area contributed by atoms with Gasteiger partial charge in [-0.25, -0.2) is 0 Å². The van der Waals surface area contributed by atoms with Gasteiger partial charge in [0.05, 0.1) is 16.6 Å². The van der Waals surface area contributed by atoms with Gasteiger partial charge in [0.1, 0.15) is 12.6 Å². The molecule has 3 heterocycles. The lowest BCUT2D eigenvalue weighted by atomic mass is 9.71. The van der Waals surface area contributed by atoms with Crippen molar-refractivity contribution in [1.82, 2.24) is 9.80 Å². The quantitative estimate of drug-likeness (QED) is 0.272. The van der Waals surface area contributed by atoms with Crippen LogP contribution in [0.25, 0.3) is 0 Å². The van der Waals surface area contributed by atoms with E-state index < -0.39 is 22.6 Å². The van der Waals surface area contributed by atoms with Crippen molar-refractivity contribution >= 4 is 29.5 Å². The van der Waals surface area contributed by atoms with E-state index in [2.05, 4.69) is 13.2 Å². The summed E-state index contributed by atoms with van der Waals surface area (Å²) in [7, 11) is 0. The minimum atomic E-state index is -0.593. The van der Waals surface area contributed by atoms with Gasteiger partial charge in [0.2, 0.25) is 11.8 Å². The highest BCUT2D eigenvalue weighted by molar-refractivity contribution is 8.02. The third-order valence-corrected chi connectivity index (χ3v) is 10.0. The molecule has 1 saturated carbocycles. The first-order valence-electron chi connectivity index (χ1n) is 12.8. The number of hydrogen-bond acceptors (Lipinski definition) is 6. The van der Waals surface area contributed by atoms with E-state index in [1.54, 1.807) is 22.7 Å². The summed E-state index contributed by atoms with van der Waals surface area (Å²) >= 11 is 1.67. The number of unbranched alkanes of at least 4 members (excludes halogenated alkanes) is 1. The first-order valence-corrected chi connectivity index (χ1v) is 13.7. The molecule has 34 heavy (non-hydrogen) atoms. The minimum absolute atomic E-state index is 0.0000858. The number of likely N-dealkylation sites (tertiary alicyclic amines) is 1. The Morgan fingerprint density at radius 3 is 2.62 bits per heavy atom. The maximum atomic E-state index is 14.3. The van der Waals surface area contributed by atoms with Crippen LogP contribution in [0.5, 0.6) is 0 Å². The molecular weight excluding hydrogens is 452 g/mol. The molecule has 1 aliphatic carbocycles. The van der Waals surface area contributed by atoms with Crippen LogP contribution in [-0.4, -0.2) is 81.1 Å². The fourth-order valence-electron chi connectivity index (χ4n) is 6.68. The van der Waals surface area contributed by atoms with Gasteiger partial charge in [0.15, 0.2) is 0 Å². The fourth-order valence-corrected chi connectivity index (χ4v) is 8.88. The smallest absolute Gasteiger partial charge is 0.311 e. The zero-order valence-electron chi connectivity index (χ0n) is 20.0. The van der Waals surface area contributed by atoms with Crippen LogP contribution < -0.4 is 0 Å². The van der Waals surface area contributed by atoms with E-state index in [4.69, 9.17) is 4.74 Å². The lowest BCUT2D eigenvalue weighted by molar-refractivity contribution is -0.153. The third-order valence-electron chi connectivity index (χ3n) is 8.08. The summed E-state index contributed by atoms with van der Waals surface area (Å²) in [5, 5.41) is 9.31. The molecular formula is C26H38N2O5S. The number of rotatable bonds is 11. The molecule has 4 fully saturated rings.